The van der Waals surface area contributed by atoms with Gasteiger partial charge in [-0.2, -0.15) is 0 Å². The topological polar surface area (TPSA) is 68.3 Å². The lowest BCUT2D eigenvalue weighted by Crippen LogP contribution is -2.27. The molecule has 7 heteroatoms. The molecule has 0 saturated heterocycles. The van der Waals surface area contributed by atoms with E-state index < -0.39 is 25.9 Å². The standard InChI is InChI=1S/C12H15BrO4S2/c1-9(18(15)7-8-19(2,16)17)12(14)10-3-5-11(13)6-4-10/h3-6,9H,7-8H2,1-2H3. The summed E-state index contributed by atoms with van der Waals surface area (Å²) in [4.78, 5) is 12.1. The molecule has 1 aromatic rings. The summed E-state index contributed by atoms with van der Waals surface area (Å²) in [6.07, 6.45) is 1.09. The molecule has 0 radical (unpaired) electrons. The number of rotatable bonds is 6. The summed E-state index contributed by atoms with van der Waals surface area (Å²) in [6, 6.07) is 6.77. The molecule has 0 spiro atoms. The fourth-order valence-electron chi connectivity index (χ4n) is 1.38. The molecule has 0 aliphatic carbocycles. The highest BCUT2D eigenvalue weighted by Gasteiger charge is 2.22. The molecule has 0 aromatic heterocycles. The third-order valence-corrected chi connectivity index (χ3v) is 5.89. The fourth-order valence-corrected chi connectivity index (χ4v) is 4.24. The SMILES string of the molecule is CC(C(=O)c1ccc(Br)cc1)S(=O)CCS(C)(=O)=O. The summed E-state index contributed by atoms with van der Waals surface area (Å²) in [6.45, 7) is 1.56. The summed E-state index contributed by atoms with van der Waals surface area (Å²) in [7, 11) is -4.65. The van der Waals surface area contributed by atoms with Crippen molar-refractivity contribution in [2.75, 3.05) is 17.8 Å². The van der Waals surface area contributed by atoms with Gasteiger partial charge in [0.2, 0.25) is 0 Å². The molecule has 1 aromatic carbocycles. The van der Waals surface area contributed by atoms with Crippen LogP contribution in [0.25, 0.3) is 0 Å². The second kappa shape index (κ2) is 6.76. The minimum absolute atomic E-state index is 0.0116. The molecule has 2 unspecified atom stereocenters. The predicted octanol–water partition coefficient (Wildman–Crippen LogP) is 1.81. The van der Waals surface area contributed by atoms with Crippen LogP contribution in [0.2, 0.25) is 0 Å². The van der Waals surface area contributed by atoms with Crippen molar-refractivity contribution in [3.63, 3.8) is 0 Å². The van der Waals surface area contributed by atoms with Gasteiger partial charge in [-0.15, -0.1) is 0 Å². The van der Waals surface area contributed by atoms with Gasteiger partial charge < -0.3 is 0 Å². The second-order valence-corrected chi connectivity index (χ2v) is 9.28. The maximum absolute atomic E-state index is 12.1. The third-order valence-electron chi connectivity index (χ3n) is 2.55. The van der Waals surface area contributed by atoms with E-state index in [2.05, 4.69) is 15.9 Å². The molecule has 1 rings (SSSR count). The highest BCUT2D eigenvalue weighted by molar-refractivity contribution is 9.10. The van der Waals surface area contributed by atoms with Crippen molar-refractivity contribution < 1.29 is 17.4 Å². The largest absolute Gasteiger partial charge is 0.293 e. The second-order valence-electron chi connectivity index (χ2n) is 4.23. The van der Waals surface area contributed by atoms with Crippen LogP contribution in [-0.2, 0) is 20.6 Å². The van der Waals surface area contributed by atoms with Gasteiger partial charge in [0.15, 0.2) is 5.78 Å². The van der Waals surface area contributed by atoms with Crippen LogP contribution in [0.5, 0.6) is 0 Å². The van der Waals surface area contributed by atoms with E-state index in [4.69, 9.17) is 0 Å². The molecule has 0 fully saturated rings. The lowest BCUT2D eigenvalue weighted by molar-refractivity contribution is 0.0992. The number of carbonyl (C=O) groups is 1. The van der Waals surface area contributed by atoms with Crippen molar-refractivity contribution in [3.05, 3.63) is 34.3 Å². The number of Topliss-reactive ketones (excluding diaryl/α,β-unsaturated/α-hetero) is 1. The average Bonchev–Trinajstić information content (AvgIpc) is 2.34. The number of hydrogen-bond donors (Lipinski definition) is 0. The van der Waals surface area contributed by atoms with Gasteiger partial charge in [0, 0.05) is 32.8 Å². The lowest BCUT2D eigenvalue weighted by atomic mass is 10.1. The molecule has 0 aliphatic heterocycles. The van der Waals surface area contributed by atoms with Gasteiger partial charge in [0.1, 0.15) is 9.84 Å². The molecule has 2 atom stereocenters. The van der Waals surface area contributed by atoms with E-state index in [0.29, 0.717) is 5.56 Å². The van der Waals surface area contributed by atoms with E-state index in [9.17, 15) is 17.4 Å². The van der Waals surface area contributed by atoms with Crippen LogP contribution in [0.3, 0.4) is 0 Å². The monoisotopic (exact) mass is 366 g/mol. The molecule has 0 bridgehead atoms. The summed E-state index contributed by atoms with van der Waals surface area (Å²) in [5, 5.41) is -0.706. The van der Waals surface area contributed by atoms with Crippen LogP contribution < -0.4 is 0 Å². The van der Waals surface area contributed by atoms with Crippen LogP contribution in [0.15, 0.2) is 28.7 Å². The quantitative estimate of drug-likeness (QED) is 0.720. The molecule has 0 amide bonds. The van der Waals surface area contributed by atoms with E-state index in [1.807, 2.05) is 0 Å². The van der Waals surface area contributed by atoms with E-state index in [0.717, 1.165) is 10.7 Å². The van der Waals surface area contributed by atoms with Crippen molar-refractivity contribution in [2.24, 2.45) is 0 Å². The predicted molar refractivity (Wildman–Crippen MR) is 80.7 cm³/mol. The fraction of sp³-hybridized carbons (Fsp3) is 0.417. The molecule has 0 aliphatic rings. The molecule has 4 nitrogen and oxygen atoms in total. The van der Waals surface area contributed by atoms with Crippen LogP contribution >= 0.6 is 15.9 Å². The number of benzene rings is 1. The zero-order valence-electron chi connectivity index (χ0n) is 10.6. The first-order valence-electron chi connectivity index (χ1n) is 5.55. The van der Waals surface area contributed by atoms with Gasteiger partial charge in [0.05, 0.1) is 11.0 Å². The first kappa shape index (κ1) is 16.5. The highest BCUT2D eigenvalue weighted by atomic mass is 79.9. The molecular formula is C12H15BrO4S2. The van der Waals surface area contributed by atoms with E-state index in [-0.39, 0.29) is 17.3 Å². The molecule has 0 N–H and O–H groups in total. The lowest BCUT2D eigenvalue weighted by Gasteiger charge is -2.10. The molecular weight excluding hydrogens is 352 g/mol. The normalized spacial score (nSPS) is 14.9. The Morgan fingerprint density at radius 3 is 2.32 bits per heavy atom. The van der Waals surface area contributed by atoms with Gasteiger partial charge in [-0.3, -0.25) is 9.00 Å². The molecule has 19 heavy (non-hydrogen) atoms. The van der Waals surface area contributed by atoms with Gasteiger partial charge in [0.25, 0.3) is 0 Å². The summed E-state index contributed by atoms with van der Waals surface area (Å²) >= 11 is 3.27. The molecule has 0 heterocycles. The van der Waals surface area contributed by atoms with Gasteiger partial charge in [-0.05, 0) is 19.1 Å². The third kappa shape index (κ3) is 5.54. The number of carbonyl (C=O) groups excluding carboxylic acids is 1. The van der Waals surface area contributed by atoms with E-state index in [1.165, 1.54) is 0 Å². The van der Waals surface area contributed by atoms with E-state index >= 15 is 0 Å². The smallest absolute Gasteiger partial charge is 0.178 e. The summed E-state index contributed by atoms with van der Waals surface area (Å²) in [5.41, 5.74) is 0.475. The number of hydrogen-bond acceptors (Lipinski definition) is 4. The summed E-state index contributed by atoms with van der Waals surface area (Å²) < 4.78 is 34.8. The van der Waals surface area contributed by atoms with Crippen molar-refractivity contribution >= 4 is 42.4 Å². The Balaban J connectivity index is 2.71. The Hall–Kier alpha value is -0.530. The van der Waals surface area contributed by atoms with E-state index in [1.54, 1.807) is 31.2 Å². The van der Waals surface area contributed by atoms with Crippen LogP contribution in [0.4, 0.5) is 0 Å². The van der Waals surface area contributed by atoms with Gasteiger partial charge in [-0.25, -0.2) is 8.42 Å². The zero-order chi connectivity index (χ0) is 14.6. The van der Waals surface area contributed by atoms with Gasteiger partial charge >= 0.3 is 0 Å². The zero-order valence-corrected chi connectivity index (χ0v) is 13.8. The Kier molecular flexibility index (Phi) is 5.88. The average molecular weight is 367 g/mol. The van der Waals surface area contributed by atoms with Crippen LogP contribution in [0, 0.1) is 0 Å². The molecule has 106 valence electrons. The summed E-state index contributed by atoms with van der Waals surface area (Å²) in [5.74, 6) is -0.417. The Bertz CT molecular complexity index is 578. The van der Waals surface area contributed by atoms with Gasteiger partial charge in [-0.1, -0.05) is 28.1 Å². The Morgan fingerprint density at radius 1 is 1.32 bits per heavy atom. The van der Waals surface area contributed by atoms with Crippen molar-refractivity contribution in [2.45, 2.75) is 12.2 Å². The number of sulfone groups is 1. The highest BCUT2D eigenvalue weighted by Crippen LogP contribution is 2.14. The number of halogens is 1. The minimum atomic E-state index is -3.16. The Morgan fingerprint density at radius 2 is 1.84 bits per heavy atom. The first-order valence-corrected chi connectivity index (χ1v) is 9.79. The maximum atomic E-state index is 12.1. The minimum Gasteiger partial charge on any atom is -0.293 e. The first-order chi connectivity index (χ1) is 8.70. The maximum Gasteiger partial charge on any atom is 0.178 e. The Labute approximate surface area is 124 Å². The van der Waals surface area contributed by atoms with Crippen molar-refractivity contribution in [1.82, 2.24) is 0 Å². The van der Waals surface area contributed by atoms with Crippen molar-refractivity contribution in [1.29, 1.82) is 0 Å². The van der Waals surface area contributed by atoms with Crippen molar-refractivity contribution in [3.8, 4) is 0 Å². The molecule has 0 saturated carbocycles. The number of ketones is 1. The van der Waals surface area contributed by atoms with Crippen LogP contribution in [-0.4, -0.2) is 41.4 Å². The van der Waals surface area contributed by atoms with Crippen LogP contribution in [0.1, 0.15) is 17.3 Å².